The summed E-state index contributed by atoms with van der Waals surface area (Å²) in [5.41, 5.74) is 1.34. The van der Waals surface area contributed by atoms with Crippen LogP contribution in [-0.2, 0) is 4.79 Å². The number of rotatable bonds is 4. The molecule has 0 aliphatic carbocycles. The van der Waals surface area contributed by atoms with E-state index in [4.69, 9.17) is 4.42 Å². The van der Waals surface area contributed by atoms with Crippen molar-refractivity contribution in [2.75, 3.05) is 5.32 Å². The molecule has 0 saturated carbocycles. The number of pyridine rings is 1. The molecule has 2 aromatic heterocycles. The molecule has 0 aliphatic heterocycles. The fraction of sp³-hybridized carbons (Fsp3) is 0.0667. The van der Waals surface area contributed by atoms with E-state index in [0.717, 1.165) is 5.39 Å². The monoisotopic (exact) mass is 268 g/mol. The van der Waals surface area contributed by atoms with Gasteiger partial charge < -0.3 is 14.8 Å². The highest BCUT2D eigenvalue weighted by molar-refractivity contribution is 5.90. The Hall–Kier alpha value is -2.82. The van der Waals surface area contributed by atoms with Gasteiger partial charge in [-0.1, -0.05) is 30.3 Å². The molecule has 1 aromatic carbocycles. The lowest BCUT2D eigenvalue weighted by Crippen LogP contribution is -2.21. The van der Waals surface area contributed by atoms with Crippen molar-refractivity contribution >= 4 is 22.8 Å². The molecule has 0 amide bonds. The molecule has 5 nitrogen and oxygen atoms in total. The number of fused-ring (bicyclic) bond motifs is 1. The number of nitrogens with one attached hydrogen (secondary N) is 1. The van der Waals surface area contributed by atoms with Gasteiger partial charge in [0, 0.05) is 6.20 Å². The van der Waals surface area contributed by atoms with Gasteiger partial charge in [-0.25, -0.2) is 9.78 Å². The SMILES string of the molecule is O=C(O)C(Nc1nccc2occc12)c1ccccc1. The fourth-order valence-corrected chi connectivity index (χ4v) is 2.08. The van der Waals surface area contributed by atoms with Crippen molar-refractivity contribution in [2.45, 2.75) is 6.04 Å². The van der Waals surface area contributed by atoms with Crippen molar-refractivity contribution in [2.24, 2.45) is 0 Å². The van der Waals surface area contributed by atoms with E-state index in [1.807, 2.05) is 6.07 Å². The molecule has 0 saturated heterocycles. The molecule has 3 aromatic rings. The average molecular weight is 268 g/mol. The normalized spacial score (nSPS) is 12.2. The molecule has 20 heavy (non-hydrogen) atoms. The number of benzene rings is 1. The zero-order chi connectivity index (χ0) is 13.9. The first-order valence-corrected chi connectivity index (χ1v) is 6.12. The standard InChI is InChI=1S/C15H12N2O3/c18-15(19)13(10-4-2-1-3-5-10)17-14-11-7-9-20-12(11)6-8-16-14/h1-9,13H,(H,16,17)(H,18,19). The number of carboxylic acid groups (broad SMARTS) is 1. The molecule has 0 aliphatic rings. The number of nitrogens with zero attached hydrogens (tertiary/aromatic N) is 1. The number of aromatic nitrogens is 1. The molecule has 1 unspecified atom stereocenters. The van der Waals surface area contributed by atoms with Gasteiger partial charge in [-0.05, 0) is 17.7 Å². The minimum atomic E-state index is -0.960. The topological polar surface area (TPSA) is 75.4 Å². The average Bonchev–Trinajstić information content (AvgIpc) is 2.94. The van der Waals surface area contributed by atoms with E-state index < -0.39 is 12.0 Å². The van der Waals surface area contributed by atoms with Gasteiger partial charge in [-0.3, -0.25) is 0 Å². The fourth-order valence-electron chi connectivity index (χ4n) is 2.08. The van der Waals surface area contributed by atoms with Crippen LogP contribution in [0.5, 0.6) is 0 Å². The Morgan fingerprint density at radius 3 is 2.75 bits per heavy atom. The van der Waals surface area contributed by atoms with E-state index in [9.17, 15) is 9.90 Å². The summed E-state index contributed by atoms with van der Waals surface area (Å²) in [6.45, 7) is 0. The minimum Gasteiger partial charge on any atom is -0.479 e. The second kappa shape index (κ2) is 5.05. The molecular weight excluding hydrogens is 256 g/mol. The highest BCUT2D eigenvalue weighted by Gasteiger charge is 2.20. The Balaban J connectivity index is 1.99. The lowest BCUT2D eigenvalue weighted by molar-refractivity contribution is -0.138. The van der Waals surface area contributed by atoms with Gasteiger partial charge in [0.15, 0.2) is 6.04 Å². The summed E-state index contributed by atoms with van der Waals surface area (Å²) >= 11 is 0. The summed E-state index contributed by atoms with van der Waals surface area (Å²) in [4.78, 5) is 15.7. The van der Waals surface area contributed by atoms with Crippen LogP contribution in [0.25, 0.3) is 11.0 Å². The maximum absolute atomic E-state index is 11.5. The number of hydrogen-bond acceptors (Lipinski definition) is 4. The molecule has 5 heteroatoms. The van der Waals surface area contributed by atoms with Crippen molar-refractivity contribution in [1.82, 2.24) is 4.98 Å². The van der Waals surface area contributed by atoms with Crippen LogP contribution in [0.4, 0.5) is 5.82 Å². The Morgan fingerprint density at radius 2 is 2.00 bits per heavy atom. The highest BCUT2D eigenvalue weighted by atomic mass is 16.4. The van der Waals surface area contributed by atoms with Crippen molar-refractivity contribution in [3.63, 3.8) is 0 Å². The molecule has 0 bridgehead atoms. The van der Waals surface area contributed by atoms with Crippen LogP contribution in [0.3, 0.4) is 0 Å². The van der Waals surface area contributed by atoms with E-state index in [0.29, 0.717) is 17.0 Å². The van der Waals surface area contributed by atoms with Crippen molar-refractivity contribution < 1.29 is 14.3 Å². The summed E-state index contributed by atoms with van der Waals surface area (Å²) in [7, 11) is 0. The molecule has 2 heterocycles. The minimum absolute atomic E-state index is 0.493. The number of carboxylic acids is 1. The summed E-state index contributed by atoms with van der Waals surface area (Å²) < 4.78 is 5.28. The maximum Gasteiger partial charge on any atom is 0.330 e. The van der Waals surface area contributed by atoms with E-state index >= 15 is 0 Å². The van der Waals surface area contributed by atoms with Crippen LogP contribution in [0.15, 0.2) is 59.3 Å². The van der Waals surface area contributed by atoms with Crippen LogP contribution in [0.1, 0.15) is 11.6 Å². The largest absolute Gasteiger partial charge is 0.479 e. The predicted octanol–water partition coefficient (Wildman–Crippen LogP) is 3.07. The van der Waals surface area contributed by atoms with Gasteiger partial charge in [-0.2, -0.15) is 0 Å². The summed E-state index contributed by atoms with van der Waals surface area (Å²) in [6, 6.07) is 11.6. The molecule has 2 N–H and O–H groups in total. The molecule has 3 rings (SSSR count). The Morgan fingerprint density at radius 1 is 1.20 bits per heavy atom. The quantitative estimate of drug-likeness (QED) is 0.760. The molecule has 1 atom stereocenters. The Bertz CT molecular complexity index is 737. The summed E-state index contributed by atoms with van der Waals surface area (Å²) in [5.74, 6) is -0.467. The van der Waals surface area contributed by atoms with E-state index in [1.54, 1.807) is 48.9 Å². The number of furan rings is 1. The van der Waals surface area contributed by atoms with Gasteiger partial charge in [0.1, 0.15) is 11.4 Å². The summed E-state index contributed by atoms with van der Waals surface area (Å²) in [6.07, 6.45) is 3.13. The number of carbonyl (C=O) groups is 1. The molecule has 100 valence electrons. The predicted molar refractivity (Wildman–Crippen MR) is 74.5 cm³/mol. The van der Waals surface area contributed by atoms with Crippen LogP contribution >= 0.6 is 0 Å². The first-order valence-electron chi connectivity index (χ1n) is 6.12. The van der Waals surface area contributed by atoms with Gasteiger partial charge >= 0.3 is 5.97 Å². The van der Waals surface area contributed by atoms with Gasteiger partial charge in [0.05, 0.1) is 11.6 Å². The molecular formula is C15H12N2O3. The molecule has 0 spiro atoms. The van der Waals surface area contributed by atoms with E-state index in [-0.39, 0.29) is 0 Å². The zero-order valence-electron chi connectivity index (χ0n) is 10.5. The second-order valence-electron chi connectivity index (χ2n) is 4.32. The van der Waals surface area contributed by atoms with Crippen LogP contribution in [0, 0.1) is 0 Å². The van der Waals surface area contributed by atoms with Crippen molar-refractivity contribution in [3.8, 4) is 0 Å². The maximum atomic E-state index is 11.5. The van der Waals surface area contributed by atoms with Crippen LogP contribution in [0.2, 0.25) is 0 Å². The van der Waals surface area contributed by atoms with Crippen LogP contribution in [-0.4, -0.2) is 16.1 Å². The summed E-state index contributed by atoms with van der Waals surface area (Å²) in [5, 5.41) is 13.1. The third kappa shape index (κ3) is 2.21. The number of aliphatic carboxylic acids is 1. The first kappa shape index (κ1) is 12.2. The Labute approximate surface area is 114 Å². The lowest BCUT2D eigenvalue weighted by Gasteiger charge is -2.15. The van der Waals surface area contributed by atoms with Crippen LogP contribution < -0.4 is 5.32 Å². The first-order chi connectivity index (χ1) is 9.75. The molecule has 0 radical (unpaired) electrons. The zero-order valence-corrected chi connectivity index (χ0v) is 10.5. The third-order valence-corrected chi connectivity index (χ3v) is 3.04. The highest BCUT2D eigenvalue weighted by Crippen LogP contribution is 2.26. The van der Waals surface area contributed by atoms with Gasteiger partial charge in [0.2, 0.25) is 0 Å². The smallest absolute Gasteiger partial charge is 0.330 e. The molecule has 0 fully saturated rings. The van der Waals surface area contributed by atoms with E-state index in [2.05, 4.69) is 10.3 Å². The van der Waals surface area contributed by atoms with E-state index in [1.165, 1.54) is 0 Å². The number of anilines is 1. The van der Waals surface area contributed by atoms with Gasteiger partial charge in [0.25, 0.3) is 0 Å². The second-order valence-corrected chi connectivity index (χ2v) is 4.32. The Kier molecular flexibility index (Phi) is 3.09. The number of hydrogen-bond donors (Lipinski definition) is 2. The third-order valence-electron chi connectivity index (χ3n) is 3.04. The van der Waals surface area contributed by atoms with Gasteiger partial charge in [-0.15, -0.1) is 0 Å². The van der Waals surface area contributed by atoms with Crippen molar-refractivity contribution in [3.05, 3.63) is 60.5 Å². The van der Waals surface area contributed by atoms with Crippen molar-refractivity contribution in [1.29, 1.82) is 0 Å². The lowest BCUT2D eigenvalue weighted by atomic mass is 10.1.